The molecule has 1 fully saturated rings. The number of aryl methyl sites for hydroxylation is 1. The number of piperazine rings is 1. The first-order valence-electron chi connectivity index (χ1n) is 13.7. The summed E-state index contributed by atoms with van der Waals surface area (Å²) in [6.45, 7) is 5.92. The number of amides is 2. The maximum atomic E-state index is 13.1. The molecule has 2 aromatic carbocycles. The molecule has 3 heterocycles. The highest BCUT2D eigenvalue weighted by Crippen LogP contribution is 2.42. The number of aliphatic imine (C=N–C) groups is 1. The Hall–Kier alpha value is -4.45. The second-order valence-electron chi connectivity index (χ2n) is 10.4. The van der Waals surface area contributed by atoms with E-state index < -0.39 is 0 Å². The predicted molar refractivity (Wildman–Crippen MR) is 162 cm³/mol. The lowest BCUT2D eigenvalue weighted by molar-refractivity contribution is 0.124. The minimum atomic E-state index is -0.135. The second-order valence-corrected chi connectivity index (χ2v) is 10.8. The Kier molecular flexibility index (Phi) is 7.55. The highest BCUT2D eigenvalue weighted by atomic mass is 35.5. The smallest absolute Gasteiger partial charge is 0.321 e. The molecule has 3 aliphatic rings. The molecule has 3 aromatic rings. The zero-order valence-electron chi connectivity index (χ0n) is 22.8. The van der Waals surface area contributed by atoms with E-state index in [1.165, 1.54) is 16.7 Å². The van der Waals surface area contributed by atoms with Crippen molar-refractivity contribution in [1.82, 2.24) is 19.4 Å². The molecule has 6 rings (SSSR count). The van der Waals surface area contributed by atoms with Crippen LogP contribution >= 0.6 is 11.6 Å². The fourth-order valence-electron chi connectivity index (χ4n) is 5.76. The number of urea groups is 1. The molecule has 1 saturated heterocycles. The van der Waals surface area contributed by atoms with Gasteiger partial charge in [0.15, 0.2) is 0 Å². The predicted octanol–water partition coefficient (Wildman–Crippen LogP) is 5.64. The van der Waals surface area contributed by atoms with Crippen molar-refractivity contribution < 1.29 is 4.79 Å². The molecule has 9 heteroatoms. The van der Waals surface area contributed by atoms with E-state index in [4.69, 9.17) is 16.9 Å². The van der Waals surface area contributed by atoms with Crippen LogP contribution in [0.3, 0.4) is 0 Å². The van der Waals surface area contributed by atoms with Crippen LogP contribution in [0.5, 0.6) is 0 Å². The molecule has 8 nitrogen and oxygen atoms in total. The van der Waals surface area contributed by atoms with Gasteiger partial charge in [0.05, 0.1) is 24.2 Å². The van der Waals surface area contributed by atoms with E-state index in [0.717, 1.165) is 17.0 Å². The van der Waals surface area contributed by atoms with Crippen molar-refractivity contribution in [3.05, 3.63) is 112 Å². The first-order chi connectivity index (χ1) is 20.0. The van der Waals surface area contributed by atoms with Gasteiger partial charge >= 0.3 is 6.03 Å². The van der Waals surface area contributed by atoms with Crippen molar-refractivity contribution in [1.29, 1.82) is 5.26 Å². The van der Waals surface area contributed by atoms with Gasteiger partial charge in [-0.1, -0.05) is 23.7 Å². The van der Waals surface area contributed by atoms with Crippen LogP contribution in [-0.2, 0) is 6.54 Å². The molecule has 0 radical (unpaired) electrons. The minimum Gasteiger partial charge on any atom is -0.331 e. The van der Waals surface area contributed by atoms with Gasteiger partial charge in [-0.25, -0.2) is 9.78 Å². The number of hydrogen-bond donors (Lipinski definition) is 1. The summed E-state index contributed by atoms with van der Waals surface area (Å²) in [7, 11) is 0. The number of benzene rings is 2. The number of anilines is 1. The maximum absolute atomic E-state index is 13.1. The average molecular weight is 564 g/mol. The van der Waals surface area contributed by atoms with Crippen molar-refractivity contribution in [2.24, 2.45) is 4.99 Å². The molecule has 41 heavy (non-hydrogen) atoms. The zero-order valence-corrected chi connectivity index (χ0v) is 23.6. The highest BCUT2D eigenvalue weighted by Gasteiger charge is 2.34. The molecule has 1 aromatic heterocycles. The van der Waals surface area contributed by atoms with E-state index in [2.05, 4.69) is 55.1 Å². The molecule has 1 atom stereocenters. The number of aromatic nitrogens is 2. The summed E-state index contributed by atoms with van der Waals surface area (Å²) in [5, 5.41) is 12.7. The summed E-state index contributed by atoms with van der Waals surface area (Å²) < 4.78 is 2.15. The monoisotopic (exact) mass is 563 g/mol. The van der Waals surface area contributed by atoms with Crippen LogP contribution in [0.2, 0.25) is 5.02 Å². The van der Waals surface area contributed by atoms with Gasteiger partial charge in [0, 0.05) is 62.0 Å². The molecule has 1 N–H and O–H groups in total. The van der Waals surface area contributed by atoms with Gasteiger partial charge in [0.1, 0.15) is 5.82 Å². The van der Waals surface area contributed by atoms with E-state index >= 15 is 0 Å². The summed E-state index contributed by atoms with van der Waals surface area (Å²) in [4.78, 5) is 26.5. The van der Waals surface area contributed by atoms with Crippen molar-refractivity contribution in [3.8, 4) is 6.07 Å². The summed E-state index contributed by atoms with van der Waals surface area (Å²) in [5.74, 6) is 0.958. The fourth-order valence-corrected chi connectivity index (χ4v) is 5.93. The van der Waals surface area contributed by atoms with E-state index in [1.807, 2.05) is 42.6 Å². The van der Waals surface area contributed by atoms with Crippen molar-refractivity contribution in [2.45, 2.75) is 19.5 Å². The molecule has 0 spiro atoms. The number of allylic oxidation sites excluding steroid dienone is 5. The SMILES string of the molecule is Cc1nccn1CC1=CC2=C(CN=CC=C2)C(N2CCN(C(=O)Nc3ccc(C#N)cc3)CC2)c2ccc(Cl)cc21. The maximum Gasteiger partial charge on any atom is 0.321 e. The van der Waals surface area contributed by atoms with Crippen LogP contribution in [-0.4, -0.2) is 64.3 Å². The van der Waals surface area contributed by atoms with Crippen LogP contribution in [0.4, 0.5) is 10.5 Å². The number of fused-ring (bicyclic) bond motifs is 1. The van der Waals surface area contributed by atoms with Crippen LogP contribution in [0.15, 0.2) is 89.2 Å². The number of imidazole rings is 1. The molecule has 1 aliphatic carbocycles. The van der Waals surface area contributed by atoms with Gasteiger partial charge < -0.3 is 14.8 Å². The molecular weight excluding hydrogens is 534 g/mol. The molecule has 206 valence electrons. The van der Waals surface area contributed by atoms with Gasteiger partial charge in [-0.2, -0.15) is 5.26 Å². The van der Waals surface area contributed by atoms with Gasteiger partial charge in [-0.05, 0) is 83.3 Å². The summed E-state index contributed by atoms with van der Waals surface area (Å²) in [6.07, 6.45) is 12.1. The Balaban J connectivity index is 1.28. The van der Waals surface area contributed by atoms with Crippen molar-refractivity contribution >= 4 is 35.1 Å². The largest absolute Gasteiger partial charge is 0.331 e. The first kappa shape index (κ1) is 26.8. The third-order valence-corrected chi connectivity index (χ3v) is 8.15. The minimum absolute atomic E-state index is 0.00135. The van der Waals surface area contributed by atoms with Crippen molar-refractivity contribution in [2.75, 3.05) is 38.0 Å². The standard InChI is InChI=1S/C32H30ClN7O/c1-22-36-11-12-40(22)21-25-17-24-3-2-10-35-20-30(24)31(28-9-6-26(33)18-29(25)28)38-13-15-39(16-14-38)32(41)37-27-7-4-23(19-34)5-8-27/h2-12,17-18,31H,13-16,20-21H2,1H3,(H,37,41). The second kappa shape index (κ2) is 11.6. The number of hydrogen-bond acceptors (Lipinski definition) is 5. The Bertz CT molecular complexity index is 1630. The van der Waals surface area contributed by atoms with Crippen molar-refractivity contribution in [3.63, 3.8) is 0 Å². The first-order valence-corrected chi connectivity index (χ1v) is 14.1. The summed E-state index contributed by atoms with van der Waals surface area (Å²) in [5.41, 5.74) is 7.14. The van der Waals surface area contributed by atoms with Gasteiger partial charge in [-0.15, -0.1) is 0 Å². The topological polar surface area (TPSA) is 89.6 Å². The van der Waals surface area contributed by atoms with Crippen LogP contribution in [0.1, 0.15) is 28.6 Å². The van der Waals surface area contributed by atoms with E-state index in [9.17, 15) is 4.79 Å². The number of nitriles is 1. The molecule has 2 amide bonds. The number of carbonyl (C=O) groups excluding carboxylic acids is 1. The Labute approximate surface area is 244 Å². The number of rotatable bonds is 4. The third kappa shape index (κ3) is 5.60. The lowest BCUT2D eigenvalue weighted by Gasteiger charge is -2.40. The number of nitrogens with one attached hydrogen (secondary N) is 1. The summed E-state index contributed by atoms with van der Waals surface area (Å²) >= 11 is 6.58. The highest BCUT2D eigenvalue weighted by molar-refractivity contribution is 6.30. The van der Waals surface area contributed by atoms with E-state index in [-0.39, 0.29) is 12.1 Å². The molecular formula is C32H30ClN7O. The molecule has 0 saturated carbocycles. The Morgan fingerprint density at radius 3 is 2.68 bits per heavy atom. The van der Waals surface area contributed by atoms with Gasteiger partial charge in [0.25, 0.3) is 0 Å². The fraction of sp³-hybridized carbons (Fsp3) is 0.250. The van der Waals surface area contributed by atoms with Gasteiger partial charge in [-0.3, -0.25) is 9.89 Å². The number of halogens is 1. The van der Waals surface area contributed by atoms with Crippen LogP contribution in [0, 0.1) is 18.3 Å². The molecule has 1 unspecified atom stereocenters. The lowest BCUT2D eigenvalue weighted by atomic mass is 9.90. The quantitative estimate of drug-likeness (QED) is 0.445. The normalized spacial score (nSPS) is 18.6. The Morgan fingerprint density at radius 1 is 1.15 bits per heavy atom. The van der Waals surface area contributed by atoms with E-state index in [1.54, 1.807) is 24.3 Å². The molecule has 0 bridgehead atoms. The van der Waals surface area contributed by atoms with Gasteiger partial charge in [0.2, 0.25) is 0 Å². The third-order valence-electron chi connectivity index (χ3n) is 7.91. The lowest BCUT2D eigenvalue weighted by Crippen LogP contribution is -2.51. The van der Waals surface area contributed by atoms with E-state index in [0.29, 0.717) is 55.5 Å². The Morgan fingerprint density at radius 2 is 1.95 bits per heavy atom. The van der Waals surface area contributed by atoms with Crippen LogP contribution in [0.25, 0.3) is 5.57 Å². The zero-order chi connectivity index (χ0) is 28.3. The van der Waals surface area contributed by atoms with Crippen LogP contribution < -0.4 is 5.32 Å². The average Bonchev–Trinajstić information content (AvgIpc) is 3.19. The summed E-state index contributed by atoms with van der Waals surface area (Å²) in [6, 6.07) is 15.1. The number of carbonyl (C=O) groups is 1. The molecule has 2 aliphatic heterocycles. The number of nitrogens with zero attached hydrogens (tertiary/aromatic N) is 6.